The van der Waals surface area contributed by atoms with Crippen molar-refractivity contribution in [1.82, 2.24) is 0 Å². The molecule has 0 bridgehead atoms. The van der Waals surface area contributed by atoms with Crippen LogP contribution in [0.25, 0.3) is 0 Å². The summed E-state index contributed by atoms with van der Waals surface area (Å²) >= 11 is 6.36. The Balaban J connectivity index is 1.96. The predicted molar refractivity (Wildman–Crippen MR) is 60.6 cm³/mol. The van der Waals surface area contributed by atoms with Gasteiger partial charge >= 0.3 is 0 Å². The molecule has 1 unspecified atom stereocenters. The molecule has 0 N–H and O–H groups in total. The van der Waals surface area contributed by atoms with Crippen LogP contribution in [0.15, 0.2) is 0 Å². The van der Waals surface area contributed by atoms with Gasteiger partial charge in [0.25, 0.3) is 0 Å². The SMILES string of the molecule is [CH2]CCCSC1CSCCS1. The monoisotopic (exact) mass is 207 g/mol. The highest BCUT2D eigenvalue weighted by atomic mass is 32.2. The summed E-state index contributed by atoms with van der Waals surface area (Å²) in [6.45, 7) is 3.84. The predicted octanol–water partition coefficient (Wildman–Crippen LogP) is 3.14. The van der Waals surface area contributed by atoms with Crippen molar-refractivity contribution in [2.24, 2.45) is 0 Å². The summed E-state index contributed by atoms with van der Waals surface area (Å²) in [5, 5.41) is 0. The normalized spacial score (nSPS) is 25.4. The molecule has 0 aromatic heterocycles. The first kappa shape index (κ1) is 10.1. The standard InChI is InChI=1S/C8H15S3/c1-2-3-4-10-8-7-9-5-6-11-8/h8H,1-7H2. The Bertz CT molecular complexity index is 89.3. The number of rotatable bonds is 4. The minimum atomic E-state index is 0.875. The summed E-state index contributed by atoms with van der Waals surface area (Å²) in [5.74, 6) is 5.37. The maximum absolute atomic E-state index is 3.84. The largest absolute Gasteiger partial charge is 0.159 e. The number of hydrogen-bond donors (Lipinski definition) is 0. The van der Waals surface area contributed by atoms with Gasteiger partial charge in [-0.2, -0.15) is 11.8 Å². The lowest BCUT2D eigenvalue weighted by Crippen LogP contribution is -2.10. The van der Waals surface area contributed by atoms with Gasteiger partial charge in [0.05, 0.1) is 4.58 Å². The second kappa shape index (κ2) is 6.55. The zero-order valence-corrected chi connectivity index (χ0v) is 9.20. The van der Waals surface area contributed by atoms with E-state index in [2.05, 4.69) is 42.2 Å². The summed E-state index contributed by atoms with van der Waals surface area (Å²) < 4.78 is 0.875. The Labute approximate surface area is 82.7 Å². The Morgan fingerprint density at radius 2 is 2.36 bits per heavy atom. The zero-order chi connectivity index (χ0) is 7.94. The van der Waals surface area contributed by atoms with Crippen LogP contribution < -0.4 is 0 Å². The van der Waals surface area contributed by atoms with Crippen molar-refractivity contribution in [3.63, 3.8) is 0 Å². The average molecular weight is 207 g/mol. The zero-order valence-electron chi connectivity index (χ0n) is 6.75. The van der Waals surface area contributed by atoms with Crippen molar-refractivity contribution in [3.8, 4) is 0 Å². The molecular weight excluding hydrogens is 192 g/mol. The molecule has 1 heterocycles. The topological polar surface area (TPSA) is 0 Å². The number of hydrogen-bond acceptors (Lipinski definition) is 3. The maximum Gasteiger partial charge on any atom is 0.0593 e. The van der Waals surface area contributed by atoms with Gasteiger partial charge in [0, 0.05) is 17.3 Å². The van der Waals surface area contributed by atoms with Gasteiger partial charge in [0.15, 0.2) is 0 Å². The minimum absolute atomic E-state index is 0.875. The van der Waals surface area contributed by atoms with Gasteiger partial charge in [-0.05, 0) is 12.2 Å². The van der Waals surface area contributed by atoms with Gasteiger partial charge in [0.1, 0.15) is 0 Å². The van der Waals surface area contributed by atoms with Crippen LogP contribution in [0.5, 0.6) is 0 Å². The Morgan fingerprint density at radius 1 is 1.45 bits per heavy atom. The van der Waals surface area contributed by atoms with E-state index in [1.54, 1.807) is 0 Å². The third-order valence-electron chi connectivity index (χ3n) is 1.48. The molecule has 0 aromatic rings. The van der Waals surface area contributed by atoms with E-state index in [1.165, 1.54) is 29.4 Å². The minimum Gasteiger partial charge on any atom is -0.159 e. The lowest BCUT2D eigenvalue weighted by molar-refractivity contribution is 0.968. The molecule has 1 saturated heterocycles. The van der Waals surface area contributed by atoms with Crippen LogP contribution in [0.4, 0.5) is 0 Å². The quantitative estimate of drug-likeness (QED) is 0.650. The Hall–Kier alpha value is 1.05. The summed E-state index contributed by atoms with van der Waals surface area (Å²) in [7, 11) is 0. The van der Waals surface area contributed by atoms with Crippen LogP contribution in [0.2, 0.25) is 0 Å². The van der Waals surface area contributed by atoms with E-state index in [0.717, 1.165) is 11.0 Å². The first-order chi connectivity index (χ1) is 5.43. The molecule has 0 aromatic carbocycles. The molecule has 0 spiro atoms. The highest BCUT2D eigenvalue weighted by Gasteiger charge is 2.13. The molecule has 1 aliphatic heterocycles. The molecule has 0 amide bonds. The van der Waals surface area contributed by atoms with Crippen molar-refractivity contribution < 1.29 is 0 Å². The summed E-state index contributed by atoms with van der Waals surface area (Å²) in [6, 6.07) is 0. The van der Waals surface area contributed by atoms with Gasteiger partial charge in [0.2, 0.25) is 0 Å². The smallest absolute Gasteiger partial charge is 0.0593 e. The fourth-order valence-corrected chi connectivity index (χ4v) is 5.30. The highest BCUT2D eigenvalue weighted by Crippen LogP contribution is 2.32. The van der Waals surface area contributed by atoms with Gasteiger partial charge in [-0.25, -0.2) is 0 Å². The summed E-state index contributed by atoms with van der Waals surface area (Å²) in [5.41, 5.74) is 0. The van der Waals surface area contributed by atoms with E-state index in [4.69, 9.17) is 0 Å². The summed E-state index contributed by atoms with van der Waals surface area (Å²) in [6.07, 6.45) is 2.38. The molecule has 0 aliphatic carbocycles. The van der Waals surface area contributed by atoms with Gasteiger partial charge in [-0.15, -0.1) is 23.5 Å². The number of unbranched alkanes of at least 4 members (excludes halogenated alkanes) is 1. The molecule has 1 fully saturated rings. The average Bonchev–Trinajstić information content (AvgIpc) is 2.07. The van der Waals surface area contributed by atoms with E-state index in [0.29, 0.717) is 0 Å². The van der Waals surface area contributed by atoms with E-state index < -0.39 is 0 Å². The molecule has 1 atom stereocenters. The number of thioether (sulfide) groups is 3. The second-order valence-corrected chi connectivity index (χ2v) is 6.52. The molecule has 11 heavy (non-hydrogen) atoms. The third-order valence-corrected chi connectivity index (χ3v) is 6.08. The first-order valence-electron chi connectivity index (χ1n) is 4.03. The van der Waals surface area contributed by atoms with Crippen LogP contribution >= 0.6 is 35.3 Å². The fraction of sp³-hybridized carbons (Fsp3) is 0.875. The van der Waals surface area contributed by atoms with Crippen LogP contribution in [0.1, 0.15) is 12.8 Å². The van der Waals surface area contributed by atoms with Crippen molar-refractivity contribution in [3.05, 3.63) is 6.92 Å². The lowest BCUT2D eigenvalue weighted by atomic mass is 10.4. The van der Waals surface area contributed by atoms with Gasteiger partial charge in [-0.1, -0.05) is 13.3 Å². The fourth-order valence-electron chi connectivity index (χ4n) is 0.879. The summed E-state index contributed by atoms with van der Waals surface area (Å²) in [4.78, 5) is 0. The van der Waals surface area contributed by atoms with Crippen LogP contribution in [-0.2, 0) is 0 Å². The maximum atomic E-state index is 3.84. The molecule has 3 heteroatoms. The van der Waals surface area contributed by atoms with E-state index in [1.807, 2.05) is 0 Å². The van der Waals surface area contributed by atoms with Gasteiger partial charge < -0.3 is 0 Å². The molecule has 1 radical (unpaired) electrons. The van der Waals surface area contributed by atoms with Crippen LogP contribution in [0, 0.1) is 6.92 Å². The van der Waals surface area contributed by atoms with Crippen molar-refractivity contribution in [2.75, 3.05) is 23.0 Å². The van der Waals surface area contributed by atoms with Gasteiger partial charge in [-0.3, -0.25) is 0 Å². The molecule has 0 saturated carbocycles. The van der Waals surface area contributed by atoms with Crippen LogP contribution in [0.3, 0.4) is 0 Å². The third kappa shape index (κ3) is 4.58. The lowest BCUT2D eigenvalue weighted by Gasteiger charge is -2.19. The van der Waals surface area contributed by atoms with E-state index in [-0.39, 0.29) is 0 Å². The van der Waals surface area contributed by atoms with Crippen LogP contribution in [-0.4, -0.2) is 27.6 Å². The molecule has 1 aliphatic rings. The van der Waals surface area contributed by atoms with Crippen molar-refractivity contribution in [1.29, 1.82) is 0 Å². The van der Waals surface area contributed by atoms with E-state index in [9.17, 15) is 0 Å². The molecular formula is C8H15S3. The molecule has 0 nitrogen and oxygen atoms in total. The first-order valence-corrected chi connectivity index (χ1v) is 7.29. The molecule has 65 valence electrons. The Kier molecular flexibility index (Phi) is 6.04. The van der Waals surface area contributed by atoms with Crippen molar-refractivity contribution in [2.45, 2.75) is 17.4 Å². The van der Waals surface area contributed by atoms with E-state index >= 15 is 0 Å². The second-order valence-electron chi connectivity index (χ2n) is 2.45. The highest BCUT2D eigenvalue weighted by molar-refractivity contribution is 8.19. The Morgan fingerprint density at radius 3 is 3.00 bits per heavy atom. The van der Waals surface area contributed by atoms with Crippen molar-refractivity contribution >= 4 is 35.3 Å². The molecule has 1 rings (SSSR count).